The number of aromatic nitrogens is 4. The highest BCUT2D eigenvalue weighted by atomic mass is 15.2. The quantitative estimate of drug-likeness (QED) is 0.234. The second-order valence-electron chi connectivity index (χ2n) is 10.6. The van der Waals surface area contributed by atoms with Crippen molar-refractivity contribution in [1.29, 1.82) is 0 Å². The Hall–Kier alpha value is -4.31. The summed E-state index contributed by atoms with van der Waals surface area (Å²) in [6, 6.07) is 4.07. The predicted molar refractivity (Wildman–Crippen MR) is 165 cm³/mol. The molecule has 0 saturated carbocycles. The molecule has 0 aliphatic carbocycles. The van der Waals surface area contributed by atoms with Crippen LogP contribution in [0, 0.1) is 18.3 Å². The Bertz CT molecular complexity index is 1390. The van der Waals surface area contributed by atoms with E-state index >= 15 is 0 Å². The van der Waals surface area contributed by atoms with Gasteiger partial charge < -0.3 is 20.9 Å². The van der Waals surface area contributed by atoms with Crippen molar-refractivity contribution in [2.24, 2.45) is 5.41 Å². The Morgan fingerprint density at radius 3 is 2.56 bits per heavy atom. The van der Waals surface area contributed by atoms with Gasteiger partial charge in [0.2, 0.25) is 0 Å². The van der Waals surface area contributed by atoms with Gasteiger partial charge in [0.15, 0.2) is 5.82 Å². The molecule has 39 heavy (non-hydrogen) atoms. The number of anilines is 2. The highest BCUT2D eigenvalue weighted by molar-refractivity contribution is 5.86. The number of allylic oxidation sites excluding steroid dienone is 5. The van der Waals surface area contributed by atoms with Crippen molar-refractivity contribution < 1.29 is 0 Å². The first-order chi connectivity index (χ1) is 18.7. The van der Waals surface area contributed by atoms with Crippen molar-refractivity contribution in [2.75, 3.05) is 23.7 Å². The van der Waals surface area contributed by atoms with Crippen LogP contribution in [0.2, 0.25) is 0 Å². The molecule has 4 N–H and O–H groups in total. The molecule has 1 aliphatic heterocycles. The Kier molecular flexibility index (Phi) is 9.73. The topological polar surface area (TPSA) is 95.8 Å². The van der Waals surface area contributed by atoms with Gasteiger partial charge in [-0.1, -0.05) is 40.0 Å². The number of hydrogen-bond donors (Lipinski definition) is 3. The molecule has 0 bridgehead atoms. The predicted octanol–water partition coefficient (Wildman–Crippen LogP) is 6.39. The van der Waals surface area contributed by atoms with Crippen LogP contribution in [-0.4, -0.2) is 33.0 Å². The molecule has 4 rings (SSSR count). The number of rotatable bonds is 8. The number of piperidine rings is 1. The third-order valence-electron chi connectivity index (χ3n) is 6.82. The van der Waals surface area contributed by atoms with Crippen LogP contribution in [0.4, 0.5) is 11.6 Å². The summed E-state index contributed by atoms with van der Waals surface area (Å²) in [5.74, 6) is 2.31. The van der Waals surface area contributed by atoms with Gasteiger partial charge in [0.1, 0.15) is 17.2 Å². The van der Waals surface area contributed by atoms with Gasteiger partial charge in [0, 0.05) is 59.8 Å². The van der Waals surface area contributed by atoms with E-state index in [2.05, 4.69) is 90.2 Å². The Balaban J connectivity index is 0.00000205. The number of hydrogen-bond acceptors (Lipinski definition) is 6. The third kappa shape index (κ3) is 7.17. The standard InChI is InChI=1S/C30H39N7.C2H2/c1-7-21(17-24(8-2)34-20(3)30(4,5)6)23-16-22(28(31)33-19-23)18-26-35-25-12-13-32-29(27(25)36-26)37-14-10-9-11-15-37;1-2/h7-8,12-13,16-17,19,34H,2-3,9-11,14-15,18H2,1,4-6H3,(H2,31,33)(H,35,36);1-2H/b21-7+,24-17+;. The molecule has 1 fully saturated rings. The smallest absolute Gasteiger partial charge is 0.156 e. The van der Waals surface area contributed by atoms with Crippen LogP contribution in [0.25, 0.3) is 16.6 Å². The van der Waals surface area contributed by atoms with Crippen molar-refractivity contribution in [3.8, 4) is 12.8 Å². The van der Waals surface area contributed by atoms with E-state index in [4.69, 9.17) is 10.7 Å². The zero-order chi connectivity index (χ0) is 28.6. The first-order valence-corrected chi connectivity index (χ1v) is 13.3. The lowest BCUT2D eigenvalue weighted by Gasteiger charge is -2.27. The molecule has 3 aromatic heterocycles. The maximum absolute atomic E-state index is 6.31. The summed E-state index contributed by atoms with van der Waals surface area (Å²) >= 11 is 0. The summed E-state index contributed by atoms with van der Waals surface area (Å²) in [7, 11) is 0. The van der Waals surface area contributed by atoms with Gasteiger partial charge in [-0.3, -0.25) is 0 Å². The van der Waals surface area contributed by atoms with Crippen LogP contribution < -0.4 is 16.0 Å². The fraction of sp³-hybridized carbons (Fsp3) is 0.344. The molecule has 4 heterocycles. The minimum Gasteiger partial charge on any atom is -0.383 e. The molecule has 0 unspecified atom stereocenters. The fourth-order valence-electron chi connectivity index (χ4n) is 4.40. The SMILES string of the molecule is C#C.C=C/C(=C\C(=C/C)c1cnc(N)c(Cc2nc3c(N4CCCCC4)nccc3[nH]2)c1)NC(=C)C(C)(C)C. The molecule has 1 aliphatic rings. The number of imidazole rings is 1. The summed E-state index contributed by atoms with van der Waals surface area (Å²) < 4.78 is 0. The average Bonchev–Trinajstić information content (AvgIpc) is 3.36. The van der Waals surface area contributed by atoms with Crippen LogP contribution in [-0.2, 0) is 6.42 Å². The van der Waals surface area contributed by atoms with Crippen LogP contribution in [0.1, 0.15) is 63.9 Å². The zero-order valence-electron chi connectivity index (χ0n) is 23.7. The van der Waals surface area contributed by atoms with Crippen molar-refractivity contribution >= 4 is 28.2 Å². The normalized spacial score (nSPS) is 14.5. The molecule has 0 spiro atoms. The molecule has 204 valence electrons. The number of nitrogens with zero attached hydrogens (tertiary/aromatic N) is 4. The molecule has 0 atom stereocenters. The van der Waals surface area contributed by atoms with E-state index in [1.54, 1.807) is 12.3 Å². The molecule has 0 aromatic carbocycles. The minimum absolute atomic E-state index is 0.0654. The van der Waals surface area contributed by atoms with Crippen LogP contribution >= 0.6 is 0 Å². The summed E-state index contributed by atoms with van der Waals surface area (Å²) in [6.07, 6.45) is 21.8. The summed E-state index contributed by atoms with van der Waals surface area (Å²) in [5.41, 5.74) is 12.9. The summed E-state index contributed by atoms with van der Waals surface area (Å²) in [6.45, 7) is 18.6. The lowest BCUT2D eigenvalue weighted by atomic mass is 9.92. The molecule has 0 radical (unpaired) electrons. The lowest BCUT2D eigenvalue weighted by molar-refractivity contribution is 0.478. The van der Waals surface area contributed by atoms with E-state index < -0.39 is 0 Å². The van der Waals surface area contributed by atoms with Crippen LogP contribution in [0.3, 0.4) is 0 Å². The molecule has 7 heteroatoms. The van der Waals surface area contributed by atoms with Crippen molar-refractivity contribution in [1.82, 2.24) is 25.3 Å². The first kappa shape index (κ1) is 29.2. The second kappa shape index (κ2) is 13.0. The zero-order valence-corrected chi connectivity index (χ0v) is 23.7. The monoisotopic (exact) mass is 523 g/mol. The number of nitrogens with two attached hydrogens (primary N) is 1. The second-order valence-corrected chi connectivity index (χ2v) is 10.6. The lowest BCUT2D eigenvalue weighted by Crippen LogP contribution is -2.30. The number of pyridine rings is 2. The summed E-state index contributed by atoms with van der Waals surface area (Å²) in [5, 5.41) is 3.39. The fourth-order valence-corrected chi connectivity index (χ4v) is 4.40. The molecular weight excluding hydrogens is 482 g/mol. The number of nitrogen functional groups attached to an aromatic ring is 1. The highest BCUT2D eigenvalue weighted by Gasteiger charge is 2.18. The molecule has 1 saturated heterocycles. The van der Waals surface area contributed by atoms with Gasteiger partial charge in [-0.2, -0.15) is 0 Å². The Morgan fingerprint density at radius 2 is 1.92 bits per heavy atom. The number of H-pyrrole nitrogens is 1. The van der Waals surface area contributed by atoms with E-state index in [9.17, 15) is 0 Å². The first-order valence-electron chi connectivity index (χ1n) is 13.3. The van der Waals surface area contributed by atoms with E-state index in [0.29, 0.717) is 12.2 Å². The number of fused-ring (bicyclic) bond motifs is 1. The van der Waals surface area contributed by atoms with Gasteiger partial charge in [0.05, 0.1) is 5.52 Å². The number of terminal acetylenes is 1. The Morgan fingerprint density at radius 1 is 1.21 bits per heavy atom. The van der Waals surface area contributed by atoms with Crippen molar-refractivity contribution in [3.63, 3.8) is 0 Å². The maximum atomic E-state index is 6.31. The third-order valence-corrected chi connectivity index (χ3v) is 6.82. The average molecular weight is 524 g/mol. The van der Waals surface area contributed by atoms with Gasteiger partial charge in [-0.15, -0.1) is 12.8 Å². The van der Waals surface area contributed by atoms with Crippen LogP contribution in [0.15, 0.2) is 67.3 Å². The van der Waals surface area contributed by atoms with E-state index in [0.717, 1.165) is 63.9 Å². The van der Waals surface area contributed by atoms with Crippen molar-refractivity contribution in [3.05, 3.63) is 84.3 Å². The van der Waals surface area contributed by atoms with Gasteiger partial charge in [-0.25, -0.2) is 15.0 Å². The van der Waals surface area contributed by atoms with Crippen LogP contribution in [0.5, 0.6) is 0 Å². The largest absolute Gasteiger partial charge is 0.383 e. The van der Waals surface area contributed by atoms with Gasteiger partial charge >= 0.3 is 0 Å². The minimum atomic E-state index is -0.0654. The Labute approximate surface area is 233 Å². The van der Waals surface area contributed by atoms with E-state index in [-0.39, 0.29) is 5.41 Å². The maximum Gasteiger partial charge on any atom is 0.156 e. The molecule has 3 aromatic rings. The molecule has 7 nitrogen and oxygen atoms in total. The summed E-state index contributed by atoms with van der Waals surface area (Å²) in [4.78, 5) is 19.9. The van der Waals surface area contributed by atoms with E-state index in [1.165, 1.54) is 19.3 Å². The molecule has 0 amide bonds. The number of aromatic amines is 1. The van der Waals surface area contributed by atoms with Gasteiger partial charge in [0.25, 0.3) is 0 Å². The van der Waals surface area contributed by atoms with E-state index in [1.807, 2.05) is 19.2 Å². The van der Waals surface area contributed by atoms with Gasteiger partial charge in [-0.05, 0) is 56.0 Å². The van der Waals surface area contributed by atoms with Crippen molar-refractivity contribution in [2.45, 2.75) is 53.4 Å². The highest BCUT2D eigenvalue weighted by Crippen LogP contribution is 2.28. The number of nitrogens with one attached hydrogen (secondary N) is 2. The molecular formula is C32H41N7.